The highest BCUT2D eigenvalue weighted by Crippen LogP contribution is 2.18. The van der Waals surface area contributed by atoms with Crippen LogP contribution in [0.3, 0.4) is 0 Å². The van der Waals surface area contributed by atoms with E-state index in [9.17, 15) is 0 Å². The van der Waals surface area contributed by atoms with Crippen LogP contribution in [0.15, 0.2) is 46.9 Å². The van der Waals surface area contributed by atoms with Gasteiger partial charge in [0.25, 0.3) is 0 Å². The molecule has 2 aromatic rings. The molecule has 0 heterocycles. The van der Waals surface area contributed by atoms with E-state index in [2.05, 4.69) is 91.4 Å². The summed E-state index contributed by atoms with van der Waals surface area (Å²) in [6.45, 7) is 8.82. The van der Waals surface area contributed by atoms with Crippen molar-refractivity contribution in [2.45, 2.75) is 46.2 Å². The van der Waals surface area contributed by atoms with Gasteiger partial charge in [0.2, 0.25) is 0 Å². The Balaban J connectivity index is 1.98. The number of halogens is 1. The zero-order valence-electron chi connectivity index (χ0n) is 13.3. The van der Waals surface area contributed by atoms with Crippen molar-refractivity contribution in [1.82, 2.24) is 5.32 Å². The van der Waals surface area contributed by atoms with E-state index in [1.54, 1.807) is 0 Å². The summed E-state index contributed by atoms with van der Waals surface area (Å²) < 4.78 is 1.13. The molecule has 0 aromatic heterocycles. The molecule has 21 heavy (non-hydrogen) atoms. The second-order valence-corrected chi connectivity index (χ2v) is 6.96. The van der Waals surface area contributed by atoms with E-state index >= 15 is 0 Å². The summed E-state index contributed by atoms with van der Waals surface area (Å²) in [5, 5.41) is 3.70. The lowest BCUT2D eigenvalue weighted by molar-refractivity contribution is 0.477. The van der Waals surface area contributed by atoms with E-state index < -0.39 is 0 Å². The summed E-state index contributed by atoms with van der Waals surface area (Å²) >= 11 is 3.48. The molecule has 0 bridgehead atoms. The molecule has 2 aromatic carbocycles. The third kappa shape index (κ3) is 4.98. The Morgan fingerprint density at radius 3 is 2.10 bits per heavy atom. The highest BCUT2D eigenvalue weighted by atomic mass is 79.9. The molecule has 0 saturated heterocycles. The molecule has 0 spiro atoms. The highest BCUT2D eigenvalue weighted by molar-refractivity contribution is 9.10. The average molecular weight is 346 g/mol. The Hall–Kier alpha value is -1.12. The lowest BCUT2D eigenvalue weighted by atomic mass is 10.0. The molecule has 0 aliphatic rings. The maximum absolute atomic E-state index is 3.70. The first-order valence-electron chi connectivity index (χ1n) is 7.52. The van der Waals surface area contributed by atoms with E-state index in [0.717, 1.165) is 10.9 Å². The number of rotatable bonds is 5. The van der Waals surface area contributed by atoms with Crippen LogP contribution in [0.2, 0.25) is 0 Å². The second kappa shape index (κ2) is 7.24. The summed E-state index contributed by atoms with van der Waals surface area (Å²) in [6, 6.07) is 16.2. The first-order valence-corrected chi connectivity index (χ1v) is 8.32. The van der Waals surface area contributed by atoms with Crippen molar-refractivity contribution in [3.63, 3.8) is 0 Å². The molecule has 0 fully saturated rings. The van der Waals surface area contributed by atoms with E-state index in [-0.39, 0.29) is 0 Å². The van der Waals surface area contributed by atoms with Gasteiger partial charge in [-0.1, -0.05) is 57.4 Å². The van der Waals surface area contributed by atoms with Gasteiger partial charge in [0.05, 0.1) is 0 Å². The molecule has 1 N–H and O–H groups in total. The fourth-order valence-corrected chi connectivity index (χ4v) is 3.08. The van der Waals surface area contributed by atoms with Gasteiger partial charge >= 0.3 is 0 Å². The van der Waals surface area contributed by atoms with Gasteiger partial charge < -0.3 is 5.32 Å². The molecule has 2 rings (SSSR count). The minimum atomic E-state index is 0.369. The van der Waals surface area contributed by atoms with Crippen LogP contribution in [0.1, 0.15) is 42.1 Å². The SMILES string of the molecule is Cc1cc(C)cc(C(C)NC(C)Cc2ccc(Br)cc2)c1. The Bertz CT molecular complexity index is 569. The number of benzene rings is 2. The van der Waals surface area contributed by atoms with Crippen molar-refractivity contribution in [1.29, 1.82) is 0 Å². The van der Waals surface area contributed by atoms with Crippen LogP contribution >= 0.6 is 15.9 Å². The molecule has 0 saturated carbocycles. The number of hydrogen-bond acceptors (Lipinski definition) is 1. The first-order chi connectivity index (χ1) is 9.94. The van der Waals surface area contributed by atoms with Crippen LogP contribution in [0.4, 0.5) is 0 Å². The summed E-state index contributed by atoms with van der Waals surface area (Å²) in [7, 11) is 0. The lowest BCUT2D eigenvalue weighted by Gasteiger charge is -2.21. The summed E-state index contributed by atoms with van der Waals surface area (Å²) in [6.07, 6.45) is 1.04. The first kappa shape index (κ1) is 16.3. The van der Waals surface area contributed by atoms with Gasteiger partial charge in [-0.05, 0) is 57.4 Å². The monoisotopic (exact) mass is 345 g/mol. The Kier molecular flexibility index (Phi) is 5.60. The van der Waals surface area contributed by atoms with E-state index in [1.165, 1.54) is 22.3 Å². The molecule has 0 radical (unpaired) electrons. The smallest absolute Gasteiger partial charge is 0.0294 e. The standard InChI is InChI=1S/C19H24BrN/c1-13-9-14(2)11-18(10-13)16(4)21-15(3)12-17-5-7-19(20)8-6-17/h5-11,15-16,21H,12H2,1-4H3. The Morgan fingerprint density at radius 1 is 0.952 bits per heavy atom. The largest absolute Gasteiger partial charge is 0.307 e. The van der Waals surface area contributed by atoms with Crippen LogP contribution < -0.4 is 5.32 Å². The quantitative estimate of drug-likeness (QED) is 0.770. The number of hydrogen-bond donors (Lipinski definition) is 1. The molecule has 112 valence electrons. The molecular formula is C19H24BrN. The van der Waals surface area contributed by atoms with Crippen LogP contribution in [0.5, 0.6) is 0 Å². The van der Waals surface area contributed by atoms with E-state index in [4.69, 9.17) is 0 Å². The van der Waals surface area contributed by atoms with Gasteiger partial charge in [-0.25, -0.2) is 0 Å². The molecule has 2 heteroatoms. The molecule has 1 nitrogen and oxygen atoms in total. The van der Waals surface area contributed by atoms with Crippen LogP contribution in [-0.4, -0.2) is 6.04 Å². The van der Waals surface area contributed by atoms with Crippen molar-refractivity contribution in [2.24, 2.45) is 0 Å². The zero-order chi connectivity index (χ0) is 15.4. The third-order valence-electron chi connectivity index (χ3n) is 3.73. The topological polar surface area (TPSA) is 12.0 Å². The Morgan fingerprint density at radius 2 is 1.52 bits per heavy atom. The van der Waals surface area contributed by atoms with E-state index in [1.807, 2.05) is 0 Å². The predicted molar refractivity (Wildman–Crippen MR) is 94.8 cm³/mol. The molecule has 0 aliphatic heterocycles. The fourth-order valence-electron chi connectivity index (χ4n) is 2.82. The molecule has 0 aliphatic carbocycles. The molecule has 2 unspecified atom stereocenters. The maximum Gasteiger partial charge on any atom is 0.0294 e. The molecular weight excluding hydrogens is 322 g/mol. The third-order valence-corrected chi connectivity index (χ3v) is 4.26. The molecule has 2 atom stereocenters. The van der Waals surface area contributed by atoms with Crippen molar-refractivity contribution in [3.05, 3.63) is 69.2 Å². The number of nitrogens with one attached hydrogen (secondary N) is 1. The predicted octanol–water partition coefficient (Wildman–Crippen LogP) is 5.35. The lowest BCUT2D eigenvalue weighted by Crippen LogP contribution is -2.30. The van der Waals surface area contributed by atoms with Crippen molar-refractivity contribution in [3.8, 4) is 0 Å². The summed E-state index contributed by atoms with van der Waals surface area (Å²) in [4.78, 5) is 0. The Labute approximate surface area is 136 Å². The van der Waals surface area contributed by atoms with Gasteiger partial charge in [0, 0.05) is 16.6 Å². The van der Waals surface area contributed by atoms with Gasteiger partial charge in [0.1, 0.15) is 0 Å². The van der Waals surface area contributed by atoms with Gasteiger partial charge in [0.15, 0.2) is 0 Å². The van der Waals surface area contributed by atoms with Crippen LogP contribution in [0.25, 0.3) is 0 Å². The minimum absolute atomic E-state index is 0.369. The van der Waals surface area contributed by atoms with Crippen LogP contribution in [0, 0.1) is 13.8 Å². The number of aryl methyl sites for hydroxylation is 2. The fraction of sp³-hybridized carbons (Fsp3) is 0.368. The van der Waals surface area contributed by atoms with E-state index in [0.29, 0.717) is 12.1 Å². The normalized spacial score (nSPS) is 14.0. The minimum Gasteiger partial charge on any atom is -0.307 e. The second-order valence-electron chi connectivity index (χ2n) is 6.04. The van der Waals surface area contributed by atoms with Crippen LogP contribution in [-0.2, 0) is 6.42 Å². The summed E-state index contributed by atoms with van der Waals surface area (Å²) in [5.41, 5.74) is 5.40. The highest BCUT2D eigenvalue weighted by Gasteiger charge is 2.10. The zero-order valence-corrected chi connectivity index (χ0v) is 14.9. The van der Waals surface area contributed by atoms with Crippen molar-refractivity contribution >= 4 is 15.9 Å². The van der Waals surface area contributed by atoms with Crippen molar-refractivity contribution < 1.29 is 0 Å². The maximum atomic E-state index is 3.70. The average Bonchev–Trinajstić information content (AvgIpc) is 2.40. The molecule has 0 amide bonds. The van der Waals surface area contributed by atoms with Gasteiger partial charge in [-0.15, -0.1) is 0 Å². The van der Waals surface area contributed by atoms with Gasteiger partial charge in [-0.3, -0.25) is 0 Å². The van der Waals surface area contributed by atoms with Crippen molar-refractivity contribution in [2.75, 3.05) is 0 Å². The summed E-state index contributed by atoms with van der Waals surface area (Å²) in [5.74, 6) is 0. The van der Waals surface area contributed by atoms with Gasteiger partial charge in [-0.2, -0.15) is 0 Å².